The third-order valence-corrected chi connectivity index (χ3v) is 4.37. The monoisotopic (exact) mass is 330 g/mol. The Morgan fingerprint density at radius 2 is 1.26 bits per heavy atom. The van der Waals surface area contributed by atoms with Crippen molar-refractivity contribution in [1.82, 2.24) is 0 Å². The average molecular weight is 331 g/mol. The Hall–Kier alpha value is -0.610. The highest BCUT2D eigenvalue weighted by atomic mass is 16.5. The quantitative estimate of drug-likeness (QED) is 0.326. The summed E-state index contributed by atoms with van der Waals surface area (Å²) in [5.41, 5.74) is 0. The van der Waals surface area contributed by atoms with Crippen LogP contribution in [0, 0.1) is 0 Å². The van der Waals surface area contributed by atoms with Crippen molar-refractivity contribution < 1.29 is 19.7 Å². The van der Waals surface area contributed by atoms with Gasteiger partial charge in [0.05, 0.1) is 19.3 Å². The number of carbonyl (C=O) groups excluding carboxylic acids is 1. The second-order valence-electron chi connectivity index (χ2n) is 6.62. The first-order chi connectivity index (χ1) is 11.1. The summed E-state index contributed by atoms with van der Waals surface area (Å²) in [6, 6.07) is 0. The summed E-state index contributed by atoms with van der Waals surface area (Å²) in [5, 5.41) is 19.9. The van der Waals surface area contributed by atoms with Crippen molar-refractivity contribution in [3.8, 4) is 0 Å². The maximum atomic E-state index is 10.9. The zero-order valence-electron chi connectivity index (χ0n) is 15.3. The van der Waals surface area contributed by atoms with Crippen LogP contribution in [-0.2, 0) is 9.53 Å². The van der Waals surface area contributed by atoms with Crippen LogP contribution < -0.4 is 0 Å². The lowest BCUT2D eigenvalue weighted by Gasteiger charge is -2.14. The van der Waals surface area contributed by atoms with E-state index in [1.807, 2.05) is 0 Å². The van der Waals surface area contributed by atoms with E-state index in [4.69, 9.17) is 0 Å². The summed E-state index contributed by atoms with van der Waals surface area (Å²) >= 11 is 0. The summed E-state index contributed by atoms with van der Waals surface area (Å²) in [6.07, 6.45) is 13.0. The predicted octanol–water partition coefficient (Wildman–Crippen LogP) is 4.36. The van der Waals surface area contributed by atoms with Crippen LogP contribution in [0.4, 0.5) is 0 Å². The van der Waals surface area contributed by atoms with Crippen LogP contribution in [0.2, 0.25) is 0 Å². The topological polar surface area (TPSA) is 66.8 Å². The summed E-state index contributed by atoms with van der Waals surface area (Å²) in [6.45, 7) is 2.20. The predicted molar refractivity (Wildman–Crippen MR) is 94.3 cm³/mol. The minimum atomic E-state index is -0.301. The smallest absolute Gasteiger partial charge is 0.305 e. The van der Waals surface area contributed by atoms with E-state index >= 15 is 0 Å². The van der Waals surface area contributed by atoms with Crippen molar-refractivity contribution in [2.24, 2.45) is 0 Å². The van der Waals surface area contributed by atoms with Gasteiger partial charge in [0.25, 0.3) is 0 Å². The maximum Gasteiger partial charge on any atom is 0.305 e. The van der Waals surface area contributed by atoms with Crippen LogP contribution in [0.1, 0.15) is 96.8 Å². The normalized spacial score (nSPS) is 13.7. The van der Waals surface area contributed by atoms with Crippen molar-refractivity contribution in [2.45, 2.75) is 109 Å². The van der Waals surface area contributed by atoms with Crippen LogP contribution in [0.25, 0.3) is 0 Å². The molecule has 0 saturated heterocycles. The third-order valence-electron chi connectivity index (χ3n) is 4.37. The van der Waals surface area contributed by atoms with Gasteiger partial charge < -0.3 is 14.9 Å². The molecule has 0 radical (unpaired) electrons. The van der Waals surface area contributed by atoms with Crippen LogP contribution >= 0.6 is 0 Å². The van der Waals surface area contributed by atoms with E-state index in [9.17, 15) is 15.0 Å². The number of rotatable bonds is 16. The van der Waals surface area contributed by atoms with E-state index in [2.05, 4.69) is 11.7 Å². The molecule has 0 heterocycles. The van der Waals surface area contributed by atoms with Gasteiger partial charge in [-0.15, -0.1) is 0 Å². The van der Waals surface area contributed by atoms with Gasteiger partial charge in [-0.2, -0.15) is 0 Å². The zero-order chi connectivity index (χ0) is 17.3. The fourth-order valence-electron chi connectivity index (χ4n) is 2.76. The third kappa shape index (κ3) is 16.0. The molecule has 4 nitrogen and oxygen atoms in total. The summed E-state index contributed by atoms with van der Waals surface area (Å²) in [7, 11) is 1.41. The molecular formula is C19H38O4. The first-order valence-corrected chi connectivity index (χ1v) is 9.53. The number of esters is 1. The molecule has 4 heteroatoms. The summed E-state index contributed by atoms with van der Waals surface area (Å²) in [4.78, 5) is 10.9. The zero-order valence-corrected chi connectivity index (χ0v) is 15.3. The maximum absolute atomic E-state index is 10.9. The van der Waals surface area contributed by atoms with Gasteiger partial charge >= 0.3 is 5.97 Å². The average Bonchev–Trinajstić information content (AvgIpc) is 2.55. The number of aliphatic hydroxyl groups excluding tert-OH is 2. The molecule has 0 aromatic heterocycles. The minimum absolute atomic E-state index is 0.145. The first kappa shape index (κ1) is 22.4. The van der Waals surface area contributed by atoms with Crippen molar-refractivity contribution >= 4 is 5.97 Å². The Kier molecular flexibility index (Phi) is 15.8. The molecule has 0 aliphatic carbocycles. The number of hydrogen-bond donors (Lipinski definition) is 2. The molecule has 0 aromatic carbocycles. The first-order valence-electron chi connectivity index (χ1n) is 9.53. The van der Waals surface area contributed by atoms with Crippen LogP contribution in [-0.4, -0.2) is 35.5 Å². The van der Waals surface area contributed by atoms with Gasteiger partial charge in [0.1, 0.15) is 0 Å². The molecule has 0 saturated carbocycles. The lowest BCUT2D eigenvalue weighted by atomic mass is 10.0. The van der Waals surface area contributed by atoms with Gasteiger partial charge in [0.15, 0.2) is 0 Å². The van der Waals surface area contributed by atoms with Gasteiger partial charge in [-0.25, -0.2) is 0 Å². The molecule has 138 valence electrons. The van der Waals surface area contributed by atoms with E-state index in [0.717, 1.165) is 44.9 Å². The molecule has 0 spiro atoms. The second-order valence-corrected chi connectivity index (χ2v) is 6.62. The Morgan fingerprint density at radius 1 is 0.783 bits per heavy atom. The number of carbonyl (C=O) groups is 1. The van der Waals surface area contributed by atoms with Gasteiger partial charge in [-0.1, -0.05) is 58.3 Å². The van der Waals surface area contributed by atoms with Crippen molar-refractivity contribution in [1.29, 1.82) is 0 Å². The van der Waals surface area contributed by atoms with Crippen molar-refractivity contribution in [3.05, 3.63) is 0 Å². The largest absolute Gasteiger partial charge is 0.469 e. The van der Waals surface area contributed by atoms with Gasteiger partial charge in [-0.3, -0.25) is 4.79 Å². The van der Waals surface area contributed by atoms with Crippen LogP contribution in [0.5, 0.6) is 0 Å². The Labute approximate surface area is 142 Å². The number of hydrogen-bond acceptors (Lipinski definition) is 4. The molecule has 0 aliphatic heterocycles. The molecule has 0 aliphatic rings. The molecule has 0 unspecified atom stereocenters. The number of methoxy groups -OCH3 is 1. The van der Waals surface area contributed by atoms with E-state index < -0.39 is 0 Å². The van der Waals surface area contributed by atoms with Crippen LogP contribution in [0.15, 0.2) is 0 Å². The number of ether oxygens (including phenoxy) is 1. The SMILES string of the molecule is CCCCCCC[C@H](O)CC[C@H](O)CCCCCCC(=O)OC. The van der Waals surface area contributed by atoms with Crippen molar-refractivity contribution in [3.63, 3.8) is 0 Å². The standard InChI is InChI=1S/C19H38O4/c1-3-4-5-6-9-12-17(20)15-16-18(21)13-10-7-8-11-14-19(22)23-2/h17-18,20-21H,3-16H2,1-2H3/t17-,18+/m0/s1. The highest BCUT2D eigenvalue weighted by Crippen LogP contribution is 2.15. The Morgan fingerprint density at radius 3 is 1.74 bits per heavy atom. The van der Waals surface area contributed by atoms with E-state index in [1.165, 1.54) is 32.8 Å². The highest BCUT2D eigenvalue weighted by Gasteiger charge is 2.09. The fourth-order valence-corrected chi connectivity index (χ4v) is 2.76. The van der Waals surface area contributed by atoms with E-state index in [0.29, 0.717) is 19.3 Å². The molecule has 0 rings (SSSR count). The van der Waals surface area contributed by atoms with Gasteiger partial charge in [-0.05, 0) is 32.1 Å². The van der Waals surface area contributed by atoms with E-state index in [1.54, 1.807) is 0 Å². The second kappa shape index (κ2) is 16.3. The highest BCUT2D eigenvalue weighted by molar-refractivity contribution is 5.68. The van der Waals surface area contributed by atoms with Crippen molar-refractivity contribution in [2.75, 3.05) is 7.11 Å². The molecule has 2 N–H and O–H groups in total. The lowest BCUT2D eigenvalue weighted by Crippen LogP contribution is -2.13. The fraction of sp³-hybridized carbons (Fsp3) is 0.947. The number of unbranched alkanes of at least 4 members (excludes halogenated alkanes) is 7. The molecular weight excluding hydrogens is 292 g/mol. The van der Waals surface area contributed by atoms with Crippen LogP contribution in [0.3, 0.4) is 0 Å². The van der Waals surface area contributed by atoms with E-state index in [-0.39, 0.29) is 18.2 Å². The lowest BCUT2D eigenvalue weighted by molar-refractivity contribution is -0.140. The molecule has 0 amide bonds. The van der Waals surface area contributed by atoms with Gasteiger partial charge in [0, 0.05) is 6.42 Å². The summed E-state index contributed by atoms with van der Waals surface area (Å²) < 4.78 is 4.59. The molecule has 23 heavy (non-hydrogen) atoms. The molecule has 0 bridgehead atoms. The summed E-state index contributed by atoms with van der Waals surface area (Å²) in [5.74, 6) is -0.145. The Bertz CT molecular complexity index is 268. The molecule has 2 atom stereocenters. The minimum Gasteiger partial charge on any atom is -0.469 e. The molecule has 0 aromatic rings. The Balaban J connectivity index is 3.38. The van der Waals surface area contributed by atoms with Gasteiger partial charge in [0.2, 0.25) is 0 Å². The molecule has 0 fully saturated rings. The number of aliphatic hydroxyl groups is 2.